The summed E-state index contributed by atoms with van der Waals surface area (Å²) in [7, 11) is 0. The average molecular weight is 222 g/mol. The molecule has 0 spiro atoms. The van der Waals surface area contributed by atoms with E-state index in [-0.39, 0.29) is 0 Å². The molecule has 0 atom stereocenters. The second-order valence-electron chi connectivity index (χ2n) is 4.19. The third-order valence-electron chi connectivity index (χ3n) is 3.18. The average Bonchev–Trinajstić information content (AvgIpc) is 2.87. The summed E-state index contributed by atoms with van der Waals surface area (Å²) in [6, 6.07) is 10.6. The van der Waals surface area contributed by atoms with E-state index in [1.54, 1.807) is 0 Å². The van der Waals surface area contributed by atoms with Crippen molar-refractivity contribution >= 4 is 11.9 Å². The van der Waals surface area contributed by atoms with Crippen LogP contribution in [0.15, 0.2) is 43.1 Å². The lowest BCUT2D eigenvalue weighted by atomic mass is 9.99. The molecule has 1 aromatic heterocycles. The molecule has 2 nitrogen and oxygen atoms in total. The summed E-state index contributed by atoms with van der Waals surface area (Å²) in [5.41, 5.74) is 5.02. The number of hydrogen-bond donors (Lipinski definition) is 1. The van der Waals surface area contributed by atoms with Crippen molar-refractivity contribution in [2.45, 2.75) is 6.42 Å². The highest BCUT2D eigenvalue weighted by molar-refractivity contribution is 5.74. The molecule has 2 heterocycles. The highest BCUT2D eigenvalue weighted by Gasteiger charge is 2.15. The van der Waals surface area contributed by atoms with E-state index in [2.05, 4.69) is 47.2 Å². The third-order valence-corrected chi connectivity index (χ3v) is 3.18. The molecule has 0 fully saturated rings. The zero-order chi connectivity index (χ0) is 11.7. The first-order valence-corrected chi connectivity index (χ1v) is 5.83. The lowest BCUT2D eigenvalue weighted by Gasteiger charge is -2.07. The molecule has 0 radical (unpaired) electrons. The van der Waals surface area contributed by atoms with Crippen LogP contribution in [0.3, 0.4) is 0 Å². The minimum Gasteiger partial charge on any atom is -0.369 e. The van der Waals surface area contributed by atoms with Gasteiger partial charge in [-0.05, 0) is 29.2 Å². The smallest absolute Gasteiger partial charge is 0.129 e. The van der Waals surface area contributed by atoms with Crippen molar-refractivity contribution in [1.82, 2.24) is 4.98 Å². The van der Waals surface area contributed by atoms with Crippen LogP contribution in [0, 0.1) is 0 Å². The molecule has 3 rings (SSSR count). The second-order valence-corrected chi connectivity index (χ2v) is 4.19. The number of hydrogen-bond acceptors (Lipinski definition) is 2. The predicted octanol–water partition coefficient (Wildman–Crippen LogP) is 3.36. The largest absolute Gasteiger partial charge is 0.369 e. The van der Waals surface area contributed by atoms with Gasteiger partial charge in [-0.3, -0.25) is 0 Å². The first kappa shape index (κ1) is 10.1. The van der Waals surface area contributed by atoms with Gasteiger partial charge in [0.2, 0.25) is 0 Å². The van der Waals surface area contributed by atoms with E-state index in [0.29, 0.717) is 0 Å². The van der Waals surface area contributed by atoms with Gasteiger partial charge in [-0.15, -0.1) is 0 Å². The summed E-state index contributed by atoms with van der Waals surface area (Å²) in [6.45, 7) is 4.76. The molecule has 0 bridgehead atoms. The van der Waals surface area contributed by atoms with Gasteiger partial charge < -0.3 is 5.32 Å². The van der Waals surface area contributed by atoms with Crippen molar-refractivity contribution in [3.63, 3.8) is 0 Å². The van der Waals surface area contributed by atoms with Crippen molar-refractivity contribution in [2.24, 2.45) is 0 Å². The first-order valence-electron chi connectivity index (χ1n) is 5.83. The number of fused-ring (bicyclic) bond motifs is 1. The Hall–Kier alpha value is -2.09. The quantitative estimate of drug-likeness (QED) is 0.842. The summed E-state index contributed by atoms with van der Waals surface area (Å²) in [4.78, 5) is 4.35. The Balaban J connectivity index is 2.09. The van der Waals surface area contributed by atoms with Crippen LogP contribution in [0.5, 0.6) is 0 Å². The summed E-state index contributed by atoms with van der Waals surface area (Å²) < 4.78 is 0. The fourth-order valence-electron chi connectivity index (χ4n) is 2.27. The molecule has 1 N–H and O–H groups in total. The Bertz CT molecular complexity index is 556. The van der Waals surface area contributed by atoms with Gasteiger partial charge in [-0.1, -0.05) is 36.9 Å². The van der Waals surface area contributed by atoms with Crippen LogP contribution >= 0.6 is 0 Å². The molecule has 0 unspecified atom stereocenters. The van der Waals surface area contributed by atoms with E-state index in [1.807, 2.05) is 12.3 Å². The third kappa shape index (κ3) is 1.72. The predicted molar refractivity (Wildman–Crippen MR) is 72.0 cm³/mol. The monoisotopic (exact) mass is 222 g/mol. The molecular formula is C15H14N2. The Labute approximate surface area is 101 Å². The van der Waals surface area contributed by atoms with Gasteiger partial charge in [0.25, 0.3) is 0 Å². The highest BCUT2D eigenvalue weighted by atomic mass is 15.0. The number of benzene rings is 1. The molecule has 84 valence electrons. The van der Waals surface area contributed by atoms with Gasteiger partial charge in [0.15, 0.2) is 0 Å². The SMILES string of the molecule is C=Cc1ccc(-c2ccnc3c2CCN3)cc1. The van der Waals surface area contributed by atoms with Gasteiger partial charge >= 0.3 is 0 Å². The van der Waals surface area contributed by atoms with Crippen LogP contribution in [0.4, 0.5) is 5.82 Å². The summed E-state index contributed by atoms with van der Waals surface area (Å²) in [6.07, 6.45) is 4.79. The van der Waals surface area contributed by atoms with E-state index in [4.69, 9.17) is 0 Å². The van der Waals surface area contributed by atoms with Gasteiger partial charge in [-0.2, -0.15) is 0 Å². The molecule has 1 aromatic carbocycles. The Morgan fingerprint density at radius 3 is 2.76 bits per heavy atom. The summed E-state index contributed by atoms with van der Waals surface area (Å²) in [5.74, 6) is 1.04. The molecule has 0 saturated heterocycles. The van der Waals surface area contributed by atoms with Gasteiger partial charge in [0.1, 0.15) is 5.82 Å². The number of rotatable bonds is 2. The van der Waals surface area contributed by atoms with Crippen molar-refractivity contribution in [2.75, 3.05) is 11.9 Å². The fourth-order valence-corrected chi connectivity index (χ4v) is 2.27. The van der Waals surface area contributed by atoms with E-state index in [1.165, 1.54) is 16.7 Å². The zero-order valence-corrected chi connectivity index (χ0v) is 9.61. The van der Waals surface area contributed by atoms with Crippen LogP contribution in [0.2, 0.25) is 0 Å². The molecule has 2 aromatic rings. The maximum Gasteiger partial charge on any atom is 0.129 e. The van der Waals surface area contributed by atoms with Crippen LogP contribution in [-0.4, -0.2) is 11.5 Å². The van der Waals surface area contributed by atoms with E-state index < -0.39 is 0 Å². The number of nitrogens with one attached hydrogen (secondary N) is 1. The summed E-state index contributed by atoms with van der Waals surface area (Å²) in [5, 5.41) is 3.31. The maximum atomic E-state index is 4.35. The number of anilines is 1. The van der Waals surface area contributed by atoms with Gasteiger partial charge in [0, 0.05) is 18.3 Å². The Kier molecular flexibility index (Phi) is 2.41. The van der Waals surface area contributed by atoms with Gasteiger partial charge in [0.05, 0.1) is 0 Å². The molecule has 0 amide bonds. The Morgan fingerprint density at radius 2 is 2.00 bits per heavy atom. The standard InChI is InChI=1S/C15H14N2/c1-2-11-3-5-12(6-4-11)13-7-9-16-15-14(13)8-10-17-15/h2-7,9H,1,8,10H2,(H,16,17). The number of aromatic nitrogens is 1. The topological polar surface area (TPSA) is 24.9 Å². The van der Waals surface area contributed by atoms with Crippen LogP contribution < -0.4 is 5.32 Å². The minimum absolute atomic E-state index is 0.990. The fraction of sp³-hybridized carbons (Fsp3) is 0.133. The number of nitrogens with zero attached hydrogens (tertiary/aromatic N) is 1. The van der Waals surface area contributed by atoms with Crippen LogP contribution in [0.25, 0.3) is 17.2 Å². The van der Waals surface area contributed by atoms with Crippen LogP contribution in [-0.2, 0) is 6.42 Å². The maximum absolute atomic E-state index is 4.35. The van der Waals surface area contributed by atoms with E-state index >= 15 is 0 Å². The van der Waals surface area contributed by atoms with E-state index in [9.17, 15) is 0 Å². The molecule has 2 heteroatoms. The molecule has 1 aliphatic heterocycles. The highest BCUT2D eigenvalue weighted by Crippen LogP contribution is 2.31. The van der Waals surface area contributed by atoms with E-state index in [0.717, 1.165) is 24.3 Å². The first-order chi connectivity index (χ1) is 8.38. The minimum atomic E-state index is 0.990. The molecule has 17 heavy (non-hydrogen) atoms. The Morgan fingerprint density at radius 1 is 1.18 bits per heavy atom. The molecule has 1 aliphatic rings. The van der Waals surface area contributed by atoms with Crippen molar-refractivity contribution < 1.29 is 0 Å². The second kappa shape index (κ2) is 4.06. The lowest BCUT2D eigenvalue weighted by molar-refractivity contribution is 1.11. The van der Waals surface area contributed by atoms with Crippen molar-refractivity contribution in [3.8, 4) is 11.1 Å². The summed E-state index contributed by atoms with van der Waals surface area (Å²) >= 11 is 0. The molecule has 0 saturated carbocycles. The van der Waals surface area contributed by atoms with Crippen molar-refractivity contribution in [3.05, 3.63) is 54.2 Å². The number of pyridine rings is 1. The van der Waals surface area contributed by atoms with Crippen molar-refractivity contribution in [1.29, 1.82) is 0 Å². The molecule has 0 aliphatic carbocycles. The van der Waals surface area contributed by atoms with Crippen LogP contribution in [0.1, 0.15) is 11.1 Å². The zero-order valence-electron chi connectivity index (χ0n) is 9.61. The lowest BCUT2D eigenvalue weighted by Crippen LogP contribution is -1.92. The normalized spacial score (nSPS) is 12.9. The molecular weight excluding hydrogens is 208 g/mol. The van der Waals surface area contributed by atoms with Gasteiger partial charge in [-0.25, -0.2) is 4.98 Å².